The van der Waals surface area contributed by atoms with Crippen molar-refractivity contribution in [1.82, 2.24) is 5.32 Å². The van der Waals surface area contributed by atoms with Gasteiger partial charge in [0.1, 0.15) is 12.4 Å². The van der Waals surface area contributed by atoms with Gasteiger partial charge in [-0.15, -0.1) is 11.6 Å². The Morgan fingerprint density at radius 2 is 2.06 bits per heavy atom. The first-order chi connectivity index (χ1) is 8.61. The monoisotopic (exact) mass is 269 g/mol. The highest BCUT2D eigenvalue weighted by atomic mass is 35.5. The van der Waals surface area contributed by atoms with E-state index < -0.39 is 0 Å². The van der Waals surface area contributed by atoms with E-state index in [2.05, 4.69) is 5.32 Å². The van der Waals surface area contributed by atoms with Gasteiger partial charge in [-0.1, -0.05) is 17.7 Å². The van der Waals surface area contributed by atoms with E-state index in [4.69, 9.17) is 16.3 Å². The minimum atomic E-state index is -0.00544. The summed E-state index contributed by atoms with van der Waals surface area (Å²) < 4.78 is 5.59. The summed E-state index contributed by atoms with van der Waals surface area (Å²) in [5, 5.41) is 2.87. The Morgan fingerprint density at radius 3 is 2.67 bits per heavy atom. The van der Waals surface area contributed by atoms with Gasteiger partial charge >= 0.3 is 0 Å². The molecule has 1 rings (SSSR count). The van der Waals surface area contributed by atoms with Gasteiger partial charge in [0, 0.05) is 12.3 Å². The van der Waals surface area contributed by atoms with Crippen LogP contribution in [-0.2, 0) is 4.79 Å². The zero-order chi connectivity index (χ0) is 13.4. The molecule has 0 aliphatic carbocycles. The van der Waals surface area contributed by atoms with Crippen molar-refractivity contribution in [1.29, 1.82) is 0 Å². The van der Waals surface area contributed by atoms with Gasteiger partial charge in [0.15, 0.2) is 0 Å². The summed E-state index contributed by atoms with van der Waals surface area (Å²) in [7, 11) is 0. The van der Waals surface area contributed by atoms with Crippen molar-refractivity contribution in [2.75, 3.05) is 12.5 Å². The molecule has 1 amide bonds. The van der Waals surface area contributed by atoms with Crippen LogP contribution in [0, 0.1) is 6.92 Å². The Kier molecular flexibility index (Phi) is 6.58. The molecule has 0 bridgehead atoms. The molecule has 0 radical (unpaired) electrons. The van der Waals surface area contributed by atoms with E-state index in [1.807, 2.05) is 38.1 Å². The predicted octanol–water partition coefficient (Wildman–Crippen LogP) is 2.90. The fourth-order valence-electron chi connectivity index (χ4n) is 1.47. The first-order valence-corrected chi connectivity index (χ1v) is 6.70. The Labute approximate surface area is 113 Å². The van der Waals surface area contributed by atoms with Crippen molar-refractivity contribution in [3.8, 4) is 5.75 Å². The van der Waals surface area contributed by atoms with Crippen LogP contribution in [0.15, 0.2) is 24.3 Å². The summed E-state index contributed by atoms with van der Waals surface area (Å²) in [5.74, 6) is 1.36. The molecule has 0 fully saturated rings. The maximum atomic E-state index is 11.4. The second-order valence-electron chi connectivity index (χ2n) is 4.39. The summed E-state index contributed by atoms with van der Waals surface area (Å²) in [6, 6.07) is 7.85. The van der Waals surface area contributed by atoms with E-state index in [0.29, 0.717) is 25.3 Å². The molecule has 0 spiro atoms. The van der Waals surface area contributed by atoms with E-state index in [1.165, 1.54) is 5.56 Å². The fraction of sp³-hybridized carbons (Fsp3) is 0.500. The van der Waals surface area contributed by atoms with E-state index in [1.54, 1.807) is 0 Å². The Bertz CT molecular complexity index is 365. The third kappa shape index (κ3) is 5.92. The van der Waals surface area contributed by atoms with Gasteiger partial charge in [-0.3, -0.25) is 4.79 Å². The SMILES string of the molecule is Cc1ccc(OCC(C)NC(=O)CCCCl)cc1. The van der Waals surface area contributed by atoms with Crippen LogP contribution in [0.2, 0.25) is 0 Å². The lowest BCUT2D eigenvalue weighted by molar-refractivity contribution is -0.121. The number of alkyl halides is 1. The third-order valence-corrected chi connectivity index (χ3v) is 2.73. The lowest BCUT2D eigenvalue weighted by atomic mass is 10.2. The highest BCUT2D eigenvalue weighted by molar-refractivity contribution is 6.17. The highest BCUT2D eigenvalue weighted by Crippen LogP contribution is 2.11. The van der Waals surface area contributed by atoms with Gasteiger partial charge in [0.25, 0.3) is 0 Å². The van der Waals surface area contributed by atoms with Crippen LogP contribution in [0.3, 0.4) is 0 Å². The van der Waals surface area contributed by atoms with Crippen molar-refractivity contribution >= 4 is 17.5 Å². The molecule has 1 aromatic rings. The van der Waals surface area contributed by atoms with Crippen LogP contribution < -0.4 is 10.1 Å². The van der Waals surface area contributed by atoms with Crippen LogP contribution in [0.4, 0.5) is 0 Å². The lowest BCUT2D eigenvalue weighted by Crippen LogP contribution is -2.36. The molecule has 1 aromatic carbocycles. The molecule has 0 saturated carbocycles. The van der Waals surface area contributed by atoms with Crippen LogP contribution in [0.5, 0.6) is 5.75 Å². The van der Waals surface area contributed by atoms with Gasteiger partial charge < -0.3 is 10.1 Å². The van der Waals surface area contributed by atoms with Crippen LogP contribution in [0.25, 0.3) is 0 Å². The minimum absolute atomic E-state index is 0.00544. The van der Waals surface area contributed by atoms with Crippen LogP contribution in [-0.4, -0.2) is 24.4 Å². The van der Waals surface area contributed by atoms with Gasteiger partial charge in [-0.05, 0) is 32.4 Å². The number of benzene rings is 1. The van der Waals surface area contributed by atoms with Crippen LogP contribution in [0.1, 0.15) is 25.3 Å². The molecular weight excluding hydrogens is 250 g/mol. The molecule has 0 aliphatic heterocycles. The minimum Gasteiger partial charge on any atom is -0.491 e. The highest BCUT2D eigenvalue weighted by Gasteiger charge is 2.07. The zero-order valence-corrected chi connectivity index (χ0v) is 11.7. The average molecular weight is 270 g/mol. The molecule has 1 unspecified atom stereocenters. The van der Waals surface area contributed by atoms with E-state index in [0.717, 1.165) is 5.75 Å². The predicted molar refractivity (Wildman–Crippen MR) is 74.2 cm³/mol. The topological polar surface area (TPSA) is 38.3 Å². The number of carbonyl (C=O) groups excluding carboxylic acids is 1. The number of carbonyl (C=O) groups is 1. The summed E-state index contributed by atoms with van der Waals surface area (Å²) in [6.07, 6.45) is 1.18. The lowest BCUT2D eigenvalue weighted by Gasteiger charge is -2.15. The Morgan fingerprint density at radius 1 is 1.39 bits per heavy atom. The maximum absolute atomic E-state index is 11.4. The van der Waals surface area contributed by atoms with Crippen molar-refractivity contribution in [2.45, 2.75) is 32.7 Å². The molecule has 0 saturated heterocycles. The van der Waals surface area contributed by atoms with Crippen molar-refractivity contribution < 1.29 is 9.53 Å². The molecule has 1 N–H and O–H groups in total. The molecule has 1 atom stereocenters. The second kappa shape index (κ2) is 7.98. The molecule has 3 nitrogen and oxygen atoms in total. The second-order valence-corrected chi connectivity index (χ2v) is 4.76. The van der Waals surface area contributed by atoms with Gasteiger partial charge in [-0.2, -0.15) is 0 Å². The number of amides is 1. The number of halogens is 1. The van der Waals surface area contributed by atoms with Crippen LogP contribution >= 0.6 is 11.6 Å². The number of rotatable bonds is 7. The molecule has 0 aromatic heterocycles. The van der Waals surface area contributed by atoms with Gasteiger partial charge in [0.2, 0.25) is 5.91 Å². The van der Waals surface area contributed by atoms with Crippen molar-refractivity contribution in [3.63, 3.8) is 0 Å². The maximum Gasteiger partial charge on any atom is 0.220 e. The standard InChI is InChI=1S/C14H20ClNO2/c1-11-5-7-13(8-6-11)18-10-12(2)16-14(17)4-3-9-15/h5-8,12H,3-4,9-10H2,1-2H3,(H,16,17). The molecule has 4 heteroatoms. The van der Waals surface area contributed by atoms with E-state index >= 15 is 0 Å². The molecule has 0 aliphatic rings. The molecule has 0 heterocycles. The molecular formula is C14H20ClNO2. The van der Waals surface area contributed by atoms with Gasteiger partial charge in [-0.25, -0.2) is 0 Å². The normalized spacial score (nSPS) is 11.9. The number of ether oxygens (including phenoxy) is 1. The van der Waals surface area contributed by atoms with Crippen molar-refractivity contribution in [3.05, 3.63) is 29.8 Å². The molecule has 18 heavy (non-hydrogen) atoms. The first-order valence-electron chi connectivity index (χ1n) is 6.16. The summed E-state index contributed by atoms with van der Waals surface area (Å²) in [5.41, 5.74) is 1.20. The number of aryl methyl sites for hydroxylation is 1. The summed E-state index contributed by atoms with van der Waals surface area (Å²) in [4.78, 5) is 11.4. The number of nitrogens with one attached hydrogen (secondary N) is 1. The van der Waals surface area contributed by atoms with Crippen molar-refractivity contribution in [2.24, 2.45) is 0 Å². The number of hydrogen-bond donors (Lipinski definition) is 1. The van der Waals surface area contributed by atoms with Gasteiger partial charge in [0.05, 0.1) is 6.04 Å². The smallest absolute Gasteiger partial charge is 0.220 e. The largest absolute Gasteiger partial charge is 0.491 e. The fourth-order valence-corrected chi connectivity index (χ4v) is 1.61. The summed E-state index contributed by atoms with van der Waals surface area (Å²) >= 11 is 5.53. The van der Waals surface area contributed by atoms with E-state index in [9.17, 15) is 4.79 Å². The van der Waals surface area contributed by atoms with E-state index in [-0.39, 0.29) is 11.9 Å². The quantitative estimate of drug-likeness (QED) is 0.773. The Balaban J connectivity index is 2.26. The molecule has 100 valence electrons. The summed E-state index contributed by atoms with van der Waals surface area (Å²) in [6.45, 7) is 4.42. The Hall–Kier alpha value is -1.22. The third-order valence-electron chi connectivity index (χ3n) is 2.47. The zero-order valence-electron chi connectivity index (χ0n) is 10.9. The first kappa shape index (κ1) is 14.8. The number of hydrogen-bond acceptors (Lipinski definition) is 2. The average Bonchev–Trinajstić information content (AvgIpc) is 2.35.